The second kappa shape index (κ2) is 10.7. The molecular weight excluding hydrogens is 431 g/mol. The average Bonchev–Trinajstić information content (AvgIpc) is 2.80. The van der Waals surface area contributed by atoms with Crippen LogP contribution < -0.4 is 20.7 Å². The molecule has 3 amide bonds. The molecule has 0 aliphatic carbocycles. The minimum absolute atomic E-state index is 0.0613. The fraction of sp³-hybridized carbons (Fsp3) is 0.130. The van der Waals surface area contributed by atoms with E-state index in [1.165, 1.54) is 44.6 Å². The van der Waals surface area contributed by atoms with E-state index < -0.39 is 17.8 Å². The first kappa shape index (κ1) is 23.2. The maximum atomic E-state index is 14.5. The zero-order chi connectivity index (χ0) is 23.8. The Kier molecular flexibility index (Phi) is 7.53. The number of hydrogen-bond acceptors (Lipinski definition) is 6. The van der Waals surface area contributed by atoms with E-state index in [1.54, 1.807) is 24.3 Å². The van der Waals surface area contributed by atoms with E-state index in [1.807, 2.05) is 0 Å². The summed E-state index contributed by atoms with van der Waals surface area (Å²) in [7, 11) is 2.77. The smallest absolute Gasteiger partial charge is 0.323 e. The Hall–Kier alpha value is -4.47. The molecule has 0 spiro atoms. The van der Waals surface area contributed by atoms with Crippen LogP contribution in [0.25, 0.3) is 0 Å². The van der Waals surface area contributed by atoms with Gasteiger partial charge in [-0.15, -0.1) is 0 Å². The van der Waals surface area contributed by atoms with E-state index in [9.17, 15) is 18.8 Å². The normalized spacial score (nSPS) is 10.2. The molecule has 1 aromatic heterocycles. The van der Waals surface area contributed by atoms with Gasteiger partial charge in [-0.25, -0.2) is 9.18 Å². The number of aromatic nitrogens is 1. The molecule has 2 aromatic carbocycles. The Morgan fingerprint density at radius 2 is 1.79 bits per heavy atom. The van der Waals surface area contributed by atoms with Gasteiger partial charge in [0.25, 0.3) is 5.91 Å². The third-order valence-corrected chi connectivity index (χ3v) is 4.38. The Labute approximate surface area is 188 Å². The standard InChI is InChI=1S/C23H21FN4O5/c1-25-22(30)20-13-17(8-9-26-20)33-16-6-7-19(18(24)12-16)28-23(31)27-15-5-3-4-14(10-15)11-21(29)32-2/h3-10,12-13H,11H2,1-2H3,(H,25,30)(H2,27,28,31). The summed E-state index contributed by atoms with van der Waals surface area (Å²) in [5.74, 6) is -1.04. The molecule has 3 aromatic rings. The highest BCUT2D eigenvalue weighted by Gasteiger charge is 2.11. The van der Waals surface area contributed by atoms with E-state index in [0.29, 0.717) is 17.0 Å². The molecule has 0 saturated heterocycles. The molecule has 0 aliphatic heterocycles. The van der Waals surface area contributed by atoms with Gasteiger partial charge >= 0.3 is 12.0 Å². The van der Waals surface area contributed by atoms with Gasteiger partial charge in [-0.2, -0.15) is 0 Å². The van der Waals surface area contributed by atoms with Crippen molar-refractivity contribution in [1.29, 1.82) is 0 Å². The number of methoxy groups -OCH3 is 1. The molecule has 0 saturated carbocycles. The number of hydrogen-bond donors (Lipinski definition) is 3. The lowest BCUT2D eigenvalue weighted by Gasteiger charge is -2.11. The number of benzene rings is 2. The van der Waals surface area contributed by atoms with Crippen LogP contribution in [0.5, 0.6) is 11.5 Å². The molecule has 0 bridgehead atoms. The number of anilines is 2. The lowest BCUT2D eigenvalue weighted by molar-refractivity contribution is -0.139. The lowest BCUT2D eigenvalue weighted by Crippen LogP contribution is -2.20. The highest BCUT2D eigenvalue weighted by Crippen LogP contribution is 2.26. The van der Waals surface area contributed by atoms with Gasteiger partial charge in [0, 0.05) is 31.1 Å². The van der Waals surface area contributed by atoms with Crippen molar-refractivity contribution in [2.45, 2.75) is 6.42 Å². The first-order chi connectivity index (χ1) is 15.9. The van der Waals surface area contributed by atoms with Gasteiger partial charge < -0.3 is 25.4 Å². The predicted molar refractivity (Wildman–Crippen MR) is 119 cm³/mol. The lowest BCUT2D eigenvalue weighted by atomic mass is 10.1. The molecule has 10 heteroatoms. The molecule has 0 aliphatic rings. The molecule has 33 heavy (non-hydrogen) atoms. The van der Waals surface area contributed by atoms with Crippen LogP contribution in [0.1, 0.15) is 16.1 Å². The summed E-state index contributed by atoms with van der Waals surface area (Å²) in [5.41, 5.74) is 1.18. The van der Waals surface area contributed by atoms with Crippen molar-refractivity contribution in [3.05, 3.63) is 77.9 Å². The molecule has 0 fully saturated rings. The van der Waals surface area contributed by atoms with Crippen LogP contribution in [0.4, 0.5) is 20.6 Å². The zero-order valence-electron chi connectivity index (χ0n) is 17.8. The van der Waals surface area contributed by atoms with Crippen molar-refractivity contribution in [1.82, 2.24) is 10.3 Å². The van der Waals surface area contributed by atoms with Crippen LogP contribution in [0.15, 0.2) is 60.8 Å². The van der Waals surface area contributed by atoms with Gasteiger partial charge in [0.15, 0.2) is 0 Å². The van der Waals surface area contributed by atoms with Gasteiger partial charge in [-0.1, -0.05) is 12.1 Å². The Balaban J connectivity index is 1.63. The van der Waals surface area contributed by atoms with Crippen LogP contribution >= 0.6 is 0 Å². The quantitative estimate of drug-likeness (QED) is 0.470. The maximum absolute atomic E-state index is 14.5. The van der Waals surface area contributed by atoms with Crippen molar-refractivity contribution in [3.63, 3.8) is 0 Å². The molecule has 9 nitrogen and oxygen atoms in total. The summed E-state index contributed by atoms with van der Waals surface area (Å²) in [4.78, 5) is 39.3. The molecule has 0 atom stereocenters. The first-order valence-electron chi connectivity index (χ1n) is 9.77. The number of pyridine rings is 1. The molecule has 3 N–H and O–H groups in total. The van der Waals surface area contributed by atoms with Crippen LogP contribution in [-0.2, 0) is 16.0 Å². The third kappa shape index (κ3) is 6.50. The van der Waals surface area contributed by atoms with Crippen LogP contribution in [0.2, 0.25) is 0 Å². The molecule has 3 rings (SSSR count). The van der Waals surface area contributed by atoms with E-state index in [2.05, 4.69) is 25.7 Å². The van der Waals surface area contributed by atoms with E-state index in [4.69, 9.17) is 4.74 Å². The number of amides is 3. The number of urea groups is 1. The number of carbonyl (C=O) groups excluding carboxylic acids is 3. The number of esters is 1. The Morgan fingerprint density at radius 3 is 2.52 bits per heavy atom. The summed E-state index contributed by atoms with van der Waals surface area (Å²) in [5, 5.41) is 7.45. The summed E-state index contributed by atoms with van der Waals surface area (Å²) >= 11 is 0. The minimum atomic E-state index is -0.720. The molecule has 170 valence electrons. The predicted octanol–water partition coefficient (Wildman–Crippen LogP) is 3.73. The van der Waals surface area contributed by atoms with Crippen LogP contribution in [0, 0.1) is 5.82 Å². The number of nitrogens with zero attached hydrogens (tertiary/aromatic N) is 1. The van der Waals surface area contributed by atoms with E-state index >= 15 is 0 Å². The van der Waals surface area contributed by atoms with Crippen molar-refractivity contribution in [2.24, 2.45) is 0 Å². The molecule has 0 radical (unpaired) electrons. The number of nitrogens with one attached hydrogen (secondary N) is 3. The number of ether oxygens (including phenoxy) is 2. The maximum Gasteiger partial charge on any atom is 0.323 e. The van der Waals surface area contributed by atoms with Crippen molar-refractivity contribution in [2.75, 3.05) is 24.8 Å². The second-order valence-electron chi connectivity index (χ2n) is 6.73. The second-order valence-corrected chi connectivity index (χ2v) is 6.73. The third-order valence-electron chi connectivity index (χ3n) is 4.38. The molecular formula is C23H21FN4O5. The zero-order valence-corrected chi connectivity index (χ0v) is 17.8. The highest BCUT2D eigenvalue weighted by atomic mass is 19.1. The Morgan fingerprint density at radius 1 is 1.00 bits per heavy atom. The fourth-order valence-electron chi connectivity index (χ4n) is 2.81. The van der Waals surface area contributed by atoms with Crippen molar-refractivity contribution in [3.8, 4) is 11.5 Å². The minimum Gasteiger partial charge on any atom is -0.469 e. The summed E-state index contributed by atoms with van der Waals surface area (Å²) in [6.07, 6.45) is 1.46. The Bertz CT molecular complexity index is 1190. The van der Waals surface area contributed by atoms with Crippen molar-refractivity contribution >= 4 is 29.3 Å². The van der Waals surface area contributed by atoms with Crippen LogP contribution in [0.3, 0.4) is 0 Å². The number of halogens is 1. The topological polar surface area (TPSA) is 119 Å². The number of carbonyl (C=O) groups is 3. The number of rotatable bonds is 7. The SMILES string of the molecule is CNC(=O)c1cc(Oc2ccc(NC(=O)Nc3cccc(CC(=O)OC)c3)c(F)c2)ccn1. The summed E-state index contributed by atoms with van der Waals surface area (Å²) in [6, 6.07) is 12.8. The van der Waals surface area contributed by atoms with Gasteiger partial charge in [0.05, 0.1) is 19.2 Å². The van der Waals surface area contributed by atoms with Gasteiger partial charge in [0.2, 0.25) is 0 Å². The molecule has 0 unspecified atom stereocenters. The van der Waals surface area contributed by atoms with Gasteiger partial charge in [0.1, 0.15) is 23.0 Å². The fourth-order valence-corrected chi connectivity index (χ4v) is 2.81. The van der Waals surface area contributed by atoms with Crippen molar-refractivity contribution < 1.29 is 28.2 Å². The monoisotopic (exact) mass is 452 g/mol. The first-order valence-corrected chi connectivity index (χ1v) is 9.77. The van der Waals surface area contributed by atoms with E-state index in [-0.39, 0.29) is 29.5 Å². The summed E-state index contributed by atoms with van der Waals surface area (Å²) in [6.45, 7) is 0. The molecule has 1 heterocycles. The highest BCUT2D eigenvalue weighted by molar-refractivity contribution is 6.00. The van der Waals surface area contributed by atoms with Crippen LogP contribution in [-0.4, -0.2) is 37.0 Å². The van der Waals surface area contributed by atoms with Gasteiger partial charge in [-0.05, 0) is 35.9 Å². The summed E-state index contributed by atoms with van der Waals surface area (Å²) < 4.78 is 24.7. The van der Waals surface area contributed by atoms with E-state index in [0.717, 1.165) is 6.07 Å². The average molecular weight is 452 g/mol. The van der Waals surface area contributed by atoms with Gasteiger partial charge in [-0.3, -0.25) is 14.6 Å². The largest absolute Gasteiger partial charge is 0.469 e.